The molecule has 0 aliphatic rings. The molecule has 0 saturated heterocycles. The van der Waals surface area contributed by atoms with Crippen LogP contribution in [0.3, 0.4) is 0 Å². The number of anilines is 1. The van der Waals surface area contributed by atoms with E-state index in [4.69, 9.17) is 4.74 Å². The Morgan fingerprint density at radius 3 is 2.58 bits per heavy atom. The summed E-state index contributed by atoms with van der Waals surface area (Å²) >= 11 is 0. The first kappa shape index (κ1) is 15.5. The van der Waals surface area contributed by atoms with Gasteiger partial charge in [-0.15, -0.1) is 0 Å². The van der Waals surface area contributed by atoms with Crippen molar-refractivity contribution in [3.63, 3.8) is 0 Å². The molecule has 0 heterocycles. The van der Waals surface area contributed by atoms with E-state index in [1.54, 1.807) is 4.90 Å². The molecule has 19 heavy (non-hydrogen) atoms. The van der Waals surface area contributed by atoms with E-state index >= 15 is 0 Å². The maximum absolute atomic E-state index is 12.3. The molecule has 0 atom stereocenters. The number of ether oxygens (including phenoxy) is 1. The van der Waals surface area contributed by atoms with Crippen molar-refractivity contribution in [2.45, 2.75) is 33.3 Å². The van der Waals surface area contributed by atoms with Crippen LogP contribution < -0.4 is 10.2 Å². The molecule has 1 aromatic carbocycles. The molecule has 1 N–H and O–H groups in total. The van der Waals surface area contributed by atoms with Crippen LogP contribution in [0.2, 0.25) is 0 Å². The van der Waals surface area contributed by atoms with E-state index in [-0.39, 0.29) is 6.09 Å². The summed E-state index contributed by atoms with van der Waals surface area (Å²) in [5, 5.41) is 3.05. The second-order valence-corrected chi connectivity index (χ2v) is 5.57. The predicted octanol–water partition coefficient (Wildman–Crippen LogP) is 2.96. The molecule has 0 radical (unpaired) electrons. The standard InChI is InChI=1S/C15H24N2O2/c1-12-7-6-8-13(11-12)17(10-9-16-5)14(18)19-15(2,3)4/h6-8,11,16H,9-10H2,1-5H3. The first-order chi connectivity index (χ1) is 8.83. The van der Waals surface area contributed by atoms with Gasteiger partial charge in [-0.1, -0.05) is 12.1 Å². The van der Waals surface area contributed by atoms with Gasteiger partial charge < -0.3 is 10.1 Å². The highest BCUT2D eigenvalue weighted by atomic mass is 16.6. The van der Waals surface area contributed by atoms with Gasteiger partial charge in [-0.2, -0.15) is 0 Å². The van der Waals surface area contributed by atoms with E-state index in [0.29, 0.717) is 13.1 Å². The van der Waals surface area contributed by atoms with Gasteiger partial charge >= 0.3 is 6.09 Å². The number of amides is 1. The van der Waals surface area contributed by atoms with Crippen molar-refractivity contribution in [2.75, 3.05) is 25.0 Å². The largest absolute Gasteiger partial charge is 0.443 e. The number of benzene rings is 1. The summed E-state index contributed by atoms with van der Waals surface area (Å²) < 4.78 is 5.45. The average Bonchev–Trinajstić information content (AvgIpc) is 2.27. The lowest BCUT2D eigenvalue weighted by Crippen LogP contribution is -2.40. The molecule has 0 unspecified atom stereocenters. The Balaban J connectivity index is 2.91. The number of carbonyl (C=O) groups is 1. The summed E-state index contributed by atoms with van der Waals surface area (Å²) in [4.78, 5) is 13.9. The molecule has 4 nitrogen and oxygen atoms in total. The molecule has 1 aromatic rings. The van der Waals surface area contributed by atoms with Crippen LogP contribution in [0.5, 0.6) is 0 Å². The molecular formula is C15H24N2O2. The third-order valence-electron chi connectivity index (χ3n) is 2.51. The quantitative estimate of drug-likeness (QED) is 0.909. The molecular weight excluding hydrogens is 240 g/mol. The number of rotatable bonds is 4. The number of hydrogen-bond acceptors (Lipinski definition) is 3. The van der Waals surface area contributed by atoms with Gasteiger partial charge in [0.05, 0.1) is 0 Å². The zero-order valence-electron chi connectivity index (χ0n) is 12.5. The Labute approximate surface area is 115 Å². The van der Waals surface area contributed by atoms with Gasteiger partial charge in [-0.3, -0.25) is 4.90 Å². The molecule has 4 heteroatoms. The van der Waals surface area contributed by atoms with E-state index in [2.05, 4.69) is 5.32 Å². The summed E-state index contributed by atoms with van der Waals surface area (Å²) in [6.45, 7) is 8.92. The van der Waals surface area contributed by atoms with Gasteiger partial charge in [-0.25, -0.2) is 4.79 Å². The minimum Gasteiger partial charge on any atom is -0.443 e. The van der Waals surface area contributed by atoms with Gasteiger partial charge in [0.2, 0.25) is 0 Å². The van der Waals surface area contributed by atoms with Crippen LogP contribution in [0.25, 0.3) is 0 Å². The van der Waals surface area contributed by atoms with Crippen LogP contribution in [0, 0.1) is 6.92 Å². The highest BCUT2D eigenvalue weighted by molar-refractivity contribution is 5.88. The third kappa shape index (κ3) is 5.30. The Morgan fingerprint density at radius 1 is 1.37 bits per heavy atom. The van der Waals surface area contributed by atoms with Crippen molar-refractivity contribution in [1.82, 2.24) is 5.32 Å². The maximum Gasteiger partial charge on any atom is 0.414 e. The summed E-state index contributed by atoms with van der Waals surface area (Å²) in [6, 6.07) is 7.86. The fraction of sp³-hybridized carbons (Fsp3) is 0.533. The van der Waals surface area contributed by atoms with E-state index in [1.165, 1.54) is 0 Å². The van der Waals surface area contributed by atoms with Crippen LogP contribution in [-0.4, -0.2) is 31.8 Å². The average molecular weight is 264 g/mol. The fourth-order valence-corrected chi connectivity index (χ4v) is 1.66. The molecule has 0 aromatic heterocycles. The molecule has 0 aliphatic carbocycles. The van der Waals surface area contributed by atoms with Crippen LogP contribution in [0.15, 0.2) is 24.3 Å². The first-order valence-electron chi connectivity index (χ1n) is 6.55. The highest BCUT2D eigenvalue weighted by Gasteiger charge is 2.22. The summed E-state index contributed by atoms with van der Waals surface area (Å²) in [7, 11) is 1.86. The molecule has 0 saturated carbocycles. The molecule has 1 amide bonds. The van der Waals surface area contributed by atoms with E-state index in [9.17, 15) is 4.79 Å². The fourth-order valence-electron chi connectivity index (χ4n) is 1.66. The Bertz CT molecular complexity index is 424. The van der Waals surface area contributed by atoms with Crippen molar-refractivity contribution in [3.05, 3.63) is 29.8 Å². The number of hydrogen-bond donors (Lipinski definition) is 1. The Kier molecular flexibility index (Phi) is 5.36. The lowest BCUT2D eigenvalue weighted by molar-refractivity contribution is 0.0581. The smallest absolute Gasteiger partial charge is 0.414 e. The maximum atomic E-state index is 12.3. The highest BCUT2D eigenvalue weighted by Crippen LogP contribution is 2.19. The van der Waals surface area contributed by atoms with Crippen LogP contribution >= 0.6 is 0 Å². The first-order valence-corrected chi connectivity index (χ1v) is 6.55. The van der Waals surface area contributed by atoms with Crippen LogP contribution in [0.1, 0.15) is 26.3 Å². The third-order valence-corrected chi connectivity index (χ3v) is 2.51. The van der Waals surface area contributed by atoms with Crippen LogP contribution in [-0.2, 0) is 4.74 Å². The van der Waals surface area contributed by atoms with E-state index in [0.717, 1.165) is 11.3 Å². The van der Waals surface area contributed by atoms with Gasteiger partial charge in [0.1, 0.15) is 5.60 Å². The van der Waals surface area contributed by atoms with E-state index < -0.39 is 5.60 Å². The normalized spacial score (nSPS) is 11.2. The van der Waals surface area contributed by atoms with Crippen molar-refractivity contribution >= 4 is 11.8 Å². The van der Waals surface area contributed by atoms with Gasteiger partial charge in [0.15, 0.2) is 0 Å². The van der Waals surface area contributed by atoms with Gasteiger partial charge in [-0.05, 0) is 52.4 Å². The summed E-state index contributed by atoms with van der Waals surface area (Å²) in [5.41, 5.74) is 1.50. The number of nitrogens with one attached hydrogen (secondary N) is 1. The van der Waals surface area contributed by atoms with Crippen molar-refractivity contribution in [2.24, 2.45) is 0 Å². The minimum atomic E-state index is -0.487. The van der Waals surface area contributed by atoms with Gasteiger partial charge in [0, 0.05) is 18.8 Å². The van der Waals surface area contributed by atoms with E-state index in [1.807, 2.05) is 59.0 Å². The topological polar surface area (TPSA) is 41.6 Å². The molecule has 0 aliphatic heterocycles. The zero-order valence-corrected chi connectivity index (χ0v) is 12.5. The van der Waals surface area contributed by atoms with Gasteiger partial charge in [0.25, 0.3) is 0 Å². The van der Waals surface area contributed by atoms with Crippen molar-refractivity contribution in [1.29, 1.82) is 0 Å². The Morgan fingerprint density at radius 2 is 2.05 bits per heavy atom. The van der Waals surface area contributed by atoms with Crippen molar-refractivity contribution in [3.8, 4) is 0 Å². The second-order valence-electron chi connectivity index (χ2n) is 5.57. The Hall–Kier alpha value is -1.55. The molecule has 1 rings (SSSR count). The molecule has 106 valence electrons. The zero-order chi connectivity index (χ0) is 14.5. The lowest BCUT2D eigenvalue weighted by atomic mass is 10.2. The molecule has 0 spiro atoms. The lowest BCUT2D eigenvalue weighted by Gasteiger charge is -2.27. The SMILES string of the molecule is CNCCN(C(=O)OC(C)(C)C)c1cccc(C)c1. The van der Waals surface area contributed by atoms with Crippen molar-refractivity contribution < 1.29 is 9.53 Å². The number of carbonyl (C=O) groups excluding carboxylic acids is 1. The predicted molar refractivity (Wildman–Crippen MR) is 78.7 cm³/mol. The van der Waals surface area contributed by atoms with Crippen LogP contribution in [0.4, 0.5) is 10.5 Å². The monoisotopic (exact) mass is 264 g/mol. The molecule has 0 fully saturated rings. The summed E-state index contributed by atoms with van der Waals surface area (Å²) in [5.74, 6) is 0. The number of nitrogens with zero attached hydrogens (tertiary/aromatic N) is 1. The number of likely N-dealkylation sites (N-methyl/N-ethyl adjacent to an activating group) is 1. The molecule has 0 bridgehead atoms. The number of aryl methyl sites for hydroxylation is 1. The minimum absolute atomic E-state index is 0.312. The summed E-state index contributed by atoms with van der Waals surface area (Å²) in [6.07, 6.45) is -0.312. The second kappa shape index (κ2) is 6.57.